The summed E-state index contributed by atoms with van der Waals surface area (Å²) in [6, 6.07) is 19.9. The van der Waals surface area contributed by atoms with Crippen molar-refractivity contribution < 1.29 is 0 Å². The summed E-state index contributed by atoms with van der Waals surface area (Å²) in [7, 11) is 0. The zero-order chi connectivity index (χ0) is 18.7. The van der Waals surface area contributed by atoms with Crippen LogP contribution in [0.2, 0.25) is 0 Å². The van der Waals surface area contributed by atoms with Crippen LogP contribution in [0.15, 0.2) is 54.6 Å². The Morgan fingerprint density at radius 1 is 0.630 bits per heavy atom. The van der Waals surface area contributed by atoms with E-state index in [2.05, 4.69) is 61.5 Å². The molecule has 0 heteroatoms. The molecule has 0 aliphatic heterocycles. The van der Waals surface area contributed by atoms with Gasteiger partial charge in [-0.2, -0.15) is 0 Å². The number of hydrogen-bond acceptors (Lipinski definition) is 0. The fraction of sp³-hybridized carbons (Fsp3) is 0.556. The molecule has 0 spiro atoms. The minimum absolute atomic E-state index is 1.02. The van der Waals surface area contributed by atoms with Crippen molar-refractivity contribution in [2.45, 2.75) is 84.0 Å². The van der Waals surface area contributed by atoms with Gasteiger partial charge in [0.05, 0.1) is 0 Å². The van der Waals surface area contributed by atoms with Crippen LogP contribution in [0.3, 0.4) is 0 Å². The van der Waals surface area contributed by atoms with Gasteiger partial charge in [0, 0.05) is 0 Å². The first-order chi connectivity index (χ1) is 13.3. The predicted octanol–water partition coefficient (Wildman–Crippen LogP) is 8.45. The average Bonchev–Trinajstić information content (AvgIpc) is 2.73. The molecule has 0 amide bonds. The highest BCUT2D eigenvalue weighted by Gasteiger charge is 2.20. The average molecular weight is 363 g/mol. The maximum Gasteiger partial charge on any atom is -0.0184 e. The fourth-order valence-corrected chi connectivity index (χ4v) is 4.75. The Bertz CT molecular complexity index is 617. The van der Waals surface area contributed by atoms with Crippen molar-refractivity contribution in [1.82, 2.24) is 0 Å². The van der Waals surface area contributed by atoms with Crippen molar-refractivity contribution in [2.24, 2.45) is 11.8 Å². The summed E-state index contributed by atoms with van der Waals surface area (Å²) in [4.78, 5) is 0. The SMILES string of the molecule is CCCCCC1CCC(CCCCc2ccc(-c3ccccc3)cc2)CC1. The second kappa shape index (κ2) is 11.3. The van der Waals surface area contributed by atoms with Crippen LogP contribution < -0.4 is 0 Å². The lowest BCUT2D eigenvalue weighted by atomic mass is 9.78. The van der Waals surface area contributed by atoms with Crippen molar-refractivity contribution in [2.75, 3.05) is 0 Å². The zero-order valence-corrected chi connectivity index (χ0v) is 17.3. The van der Waals surface area contributed by atoms with Crippen LogP contribution in [-0.2, 0) is 6.42 Å². The highest BCUT2D eigenvalue weighted by atomic mass is 14.3. The van der Waals surface area contributed by atoms with Gasteiger partial charge in [-0.3, -0.25) is 0 Å². The van der Waals surface area contributed by atoms with Crippen LogP contribution in [0, 0.1) is 11.8 Å². The normalized spacial score (nSPS) is 19.9. The van der Waals surface area contributed by atoms with Crippen molar-refractivity contribution >= 4 is 0 Å². The zero-order valence-electron chi connectivity index (χ0n) is 17.3. The molecule has 0 heterocycles. The van der Waals surface area contributed by atoms with Crippen molar-refractivity contribution in [3.63, 3.8) is 0 Å². The quantitative estimate of drug-likeness (QED) is 0.372. The first-order valence-corrected chi connectivity index (χ1v) is 11.5. The number of rotatable bonds is 10. The van der Waals surface area contributed by atoms with Gasteiger partial charge in [0.1, 0.15) is 0 Å². The van der Waals surface area contributed by atoms with E-state index in [1.807, 2.05) is 0 Å². The van der Waals surface area contributed by atoms with Crippen LogP contribution in [0.1, 0.15) is 83.1 Å². The standard InChI is InChI=1S/C27H38/c1-2-3-5-10-23-15-17-24(18-16-23)11-8-9-12-25-19-21-27(22-20-25)26-13-6-4-7-14-26/h4,6-7,13-14,19-24H,2-3,5,8-12,15-18H2,1H3. The van der Waals surface area contributed by atoms with Gasteiger partial charge in [0.15, 0.2) is 0 Å². The van der Waals surface area contributed by atoms with Crippen LogP contribution in [-0.4, -0.2) is 0 Å². The summed E-state index contributed by atoms with van der Waals surface area (Å²) in [5.41, 5.74) is 4.14. The summed E-state index contributed by atoms with van der Waals surface area (Å²) in [6.07, 6.45) is 17.2. The first kappa shape index (κ1) is 20.2. The molecule has 0 nitrogen and oxygen atoms in total. The number of benzene rings is 2. The molecule has 0 unspecified atom stereocenters. The molecule has 1 aliphatic rings. The van der Waals surface area contributed by atoms with E-state index in [0.29, 0.717) is 0 Å². The van der Waals surface area contributed by atoms with E-state index in [1.54, 1.807) is 0 Å². The van der Waals surface area contributed by atoms with E-state index in [4.69, 9.17) is 0 Å². The molecule has 1 fully saturated rings. The first-order valence-electron chi connectivity index (χ1n) is 11.5. The van der Waals surface area contributed by atoms with Gasteiger partial charge in [-0.15, -0.1) is 0 Å². The highest BCUT2D eigenvalue weighted by Crippen LogP contribution is 2.34. The molecule has 2 aromatic rings. The topological polar surface area (TPSA) is 0 Å². The molecule has 2 aromatic carbocycles. The molecule has 146 valence electrons. The minimum atomic E-state index is 1.02. The van der Waals surface area contributed by atoms with E-state index in [9.17, 15) is 0 Å². The molecular formula is C27H38. The number of aryl methyl sites for hydroxylation is 1. The lowest BCUT2D eigenvalue weighted by molar-refractivity contribution is 0.245. The Hall–Kier alpha value is -1.56. The molecule has 27 heavy (non-hydrogen) atoms. The Morgan fingerprint density at radius 3 is 1.78 bits per heavy atom. The van der Waals surface area contributed by atoms with Crippen LogP contribution >= 0.6 is 0 Å². The fourth-order valence-electron chi connectivity index (χ4n) is 4.75. The second-order valence-corrected chi connectivity index (χ2v) is 8.69. The summed E-state index contributed by atoms with van der Waals surface area (Å²) >= 11 is 0. The molecule has 0 radical (unpaired) electrons. The molecule has 1 saturated carbocycles. The van der Waals surface area contributed by atoms with E-state index in [1.165, 1.54) is 93.7 Å². The van der Waals surface area contributed by atoms with E-state index >= 15 is 0 Å². The van der Waals surface area contributed by atoms with E-state index in [0.717, 1.165) is 11.8 Å². The summed E-state index contributed by atoms with van der Waals surface area (Å²) in [5, 5.41) is 0. The molecule has 0 N–H and O–H groups in total. The van der Waals surface area contributed by atoms with Gasteiger partial charge in [0.25, 0.3) is 0 Å². The summed E-state index contributed by atoms with van der Waals surface area (Å²) < 4.78 is 0. The number of hydrogen-bond donors (Lipinski definition) is 0. The van der Waals surface area contributed by atoms with Crippen LogP contribution in [0.4, 0.5) is 0 Å². The molecule has 0 atom stereocenters. The molecule has 0 aromatic heterocycles. The molecule has 0 saturated heterocycles. The lowest BCUT2D eigenvalue weighted by Crippen LogP contribution is -2.14. The van der Waals surface area contributed by atoms with Crippen LogP contribution in [0.25, 0.3) is 11.1 Å². The Labute approximate surface area is 167 Å². The van der Waals surface area contributed by atoms with Gasteiger partial charge in [-0.05, 0) is 41.4 Å². The molecular weight excluding hydrogens is 324 g/mol. The third-order valence-electron chi connectivity index (χ3n) is 6.57. The smallest absolute Gasteiger partial charge is 0.0184 e. The van der Waals surface area contributed by atoms with Gasteiger partial charge in [-0.25, -0.2) is 0 Å². The minimum Gasteiger partial charge on any atom is -0.0654 e. The summed E-state index contributed by atoms with van der Waals surface area (Å²) in [5.74, 6) is 2.07. The summed E-state index contributed by atoms with van der Waals surface area (Å²) in [6.45, 7) is 2.31. The number of unbranched alkanes of at least 4 members (excludes halogenated alkanes) is 3. The highest BCUT2D eigenvalue weighted by molar-refractivity contribution is 5.63. The third kappa shape index (κ3) is 6.83. The lowest BCUT2D eigenvalue weighted by Gasteiger charge is -2.28. The maximum atomic E-state index is 2.32. The second-order valence-electron chi connectivity index (χ2n) is 8.69. The Morgan fingerprint density at radius 2 is 1.19 bits per heavy atom. The van der Waals surface area contributed by atoms with Gasteiger partial charge < -0.3 is 0 Å². The van der Waals surface area contributed by atoms with Crippen molar-refractivity contribution in [1.29, 1.82) is 0 Å². The largest absolute Gasteiger partial charge is 0.0654 e. The van der Waals surface area contributed by atoms with Crippen molar-refractivity contribution in [3.8, 4) is 11.1 Å². The third-order valence-corrected chi connectivity index (χ3v) is 6.57. The van der Waals surface area contributed by atoms with Gasteiger partial charge >= 0.3 is 0 Å². The van der Waals surface area contributed by atoms with E-state index in [-0.39, 0.29) is 0 Å². The Kier molecular flexibility index (Phi) is 8.46. The molecule has 0 bridgehead atoms. The molecule has 3 rings (SSSR count). The van der Waals surface area contributed by atoms with Crippen LogP contribution in [0.5, 0.6) is 0 Å². The Balaban J connectivity index is 1.30. The predicted molar refractivity (Wildman–Crippen MR) is 119 cm³/mol. The molecule has 1 aliphatic carbocycles. The maximum absolute atomic E-state index is 2.32. The van der Waals surface area contributed by atoms with Crippen molar-refractivity contribution in [3.05, 3.63) is 60.2 Å². The van der Waals surface area contributed by atoms with E-state index < -0.39 is 0 Å². The monoisotopic (exact) mass is 362 g/mol. The van der Waals surface area contributed by atoms with Gasteiger partial charge in [0.2, 0.25) is 0 Å². The van der Waals surface area contributed by atoms with Gasteiger partial charge in [-0.1, -0.05) is 126 Å².